The van der Waals surface area contributed by atoms with Gasteiger partial charge < -0.3 is 36.1 Å². The van der Waals surface area contributed by atoms with E-state index in [2.05, 4.69) is 41.5 Å². The standard InChI is InChI=1S/C28H30ClF3N8O5/c1-33-21(41)22(42)34-14-11-20(23(43)44-2)35-18-7-9-19(10-8-18)36-24-37-25(39-26(38-24)45-15-28(30,31)32)40-27(12-13-27)16-3-5-17(29)6-4-16/h3-10,20,35H,11-15H2,1-2H3,(H,33,41)(H,34,42)(H2,36,37,38,39,40)/t20-/m0/s1. The first kappa shape index (κ1) is 33.0. The van der Waals surface area contributed by atoms with E-state index in [-0.39, 0.29) is 24.9 Å². The van der Waals surface area contributed by atoms with Crippen molar-refractivity contribution in [3.8, 4) is 6.01 Å². The fourth-order valence-corrected chi connectivity index (χ4v) is 4.29. The molecule has 1 heterocycles. The van der Waals surface area contributed by atoms with Crippen LogP contribution in [0.5, 0.6) is 6.01 Å². The Kier molecular flexibility index (Phi) is 10.5. The molecule has 2 amide bonds. The lowest BCUT2D eigenvalue weighted by Crippen LogP contribution is -2.41. The molecule has 17 heteroatoms. The van der Waals surface area contributed by atoms with Crippen LogP contribution >= 0.6 is 11.6 Å². The van der Waals surface area contributed by atoms with E-state index in [0.717, 1.165) is 18.4 Å². The summed E-state index contributed by atoms with van der Waals surface area (Å²) in [6, 6.07) is 12.3. The average Bonchev–Trinajstić information content (AvgIpc) is 3.79. The van der Waals surface area contributed by atoms with Crippen LogP contribution in [0.15, 0.2) is 48.5 Å². The Morgan fingerprint density at radius 2 is 1.60 bits per heavy atom. The van der Waals surface area contributed by atoms with Crippen molar-refractivity contribution < 1.29 is 37.0 Å². The zero-order valence-electron chi connectivity index (χ0n) is 24.1. The highest BCUT2D eigenvalue weighted by molar-refractivity contribution is 6.35. The van der Waals surface area contributed by atoms with Gasteiger partial charge in [0.1, 0.15) is 6.04 Å². The van der Waals surface area contributed by atoms with Gasteiger partial charge in [-0.1, -0.05) is 23.7 Å². The lowest BCUT2D eigenvalue weighted by Gasteiger charge is -2.19. The van der Waals surface area contributed by atoms with Gasteiger partial charge in [-0.05, 0) is 61.2 Å². The number of rotatable bonds is 13. The summed E-state index contributed by atoms with van der Waals surface area (Å²) in [6.07, 6.45) is -3.00. The first-order chi connectivity index (χ1) is 21.4. The van der Waals surface area contributed by atoms with Gasteiger partial charge in [-0.25, -0.2) is 4.79 Å². The molecule has 1 atom stereocenters. The second-order valence-electron chi connectivity index (χ2n) is 9.93. The number of nitrogens with zero attached hydrogens (tertiary/aromatic N) is 3. The maximum absolute atomic E-state index is 12.9. The number of ether oxygens (including phenoxy) is 2. The summed E-state index contributed by atoms with van der Waals surface area (Å²) in [5, 5.41) is 14.3. The molecule has 0 spiro atoms. The number of amides is 2. The normalized spacial score (nSPS) is 14.0. The largest absolute Gasteiger partial charge is 0.467 e. The number of nitrogens with one attached hydrogen (secondary N) is 5. The molecule has 45 heavy (non-hydrogen) atoms. The number of halogens is 4. The van der Waals surface area contributed by atoms with Crippen molar-refractivity contribution >= 4 is 52.7 Å². The molecule has 0 saturated heterocycles. The van der Waals surface area contributed by atoms with Crippen molar-refractivity contribution in [2.24, 2.45) is 0 Å². The van der Waals surface area contributed by atoms with Crippen LogP contribution in [-0.4, -0.2) is 72.3 Å². The molecule has 1 aliphatic rings. The number of hydrogen-bond acceptors (Lipinski definition) is 11. The lowest BCUT2D eigenvalue weighted by atomic mass is 10.1. The Morgan fingerprint density at radius 3 is 2.20 bits per heavy atom. The fraction of sp³-hybridized carbons (Fsp3) is 0.357. The minimum absolute atomic E-state index is 0.0137. The molecule has 2 aromatic carbocycles. The Morgan fingerprint density at radius 1 is 0.956 bits per heavy atom. The molecule has 0 unspecified atom stereocenters. The minimum atomic E-state index is -4.60. The van der Waals surface area contributed by atoms with E-state index in [1.807, 2.05) is 12.1 Å². The monoisotopic (exact) mass is 650 g/mol. The first-order valence-corrected chi connectivity index (χ1v) is 14.0. The van der Waals surface area contributed by atoms with Crippen LogP contribution in [0.25, 0.3) is 0 Å². The zero-order valence-corrected chi connectivity index (χ0v) is 24.9. The summed E-state index contributed by atoms with van der Waals surface area (Å²) in [7, 11) is 2.54. The minimum Gasteiger partial charge on any atom is -0.467 e. The van der Waals surface area contributed by atoms with E-state index in [9.17, 15) is 27.6 Å². The quantitative estimate of drug-likeness (QED) is 0.136. The van der Waals surface area contributed by atoms with E-state index >= 15 is 0 Å². The lowest BCUT2D eigenvalue weighted by molar-refractivity contribution is -0.154. The molecule has 1 aromatic heterocycles. The van der Waals surface area contributed by atoms with Gasteiger partial charge in [0, 0.05) is 30.0 Å². The number of hydrogen-bond donors (Lipinski definition) is 5. The molecule has 5 N–H and O–H groups in total. The fourth-order valence-electron chi connectivity index (χ4n) is 4.17. The molecule has 1 saturated carbocycles. The maximum atomic E-state index is 12.9. The van der Waals surface area contributed by atoms with Crippen molar-refractivity contribution in [1.29, 1.82) is 0 Å². The van der Waals surface area contributed by atoms with Gasteiger partial charge in [-0.2, -0.15) is 28.1 Å². The van der Waals surface area contributed by atoms with Crippen LogP contribution in [0.1, 0.15) is 24.8 Å². The number of esters is 1. The van der Waals surface area contributed by atoms with Gasteiger partial charge in [0.05, 0.1) is 12.6 Å². The van der Waals surface area contributed by atoms with Crippen LogP contribution < -0.4 is 31.3 Å². The Hall–Kier alpha value is -4.86. The molecule has 13 nitrogen and oxygen atoms in total. The SMILES string of the molecule is CNC(=O)C(=O)NCC[C@H](Nc1ccc(Nc2nc(NC3(c4ccc(Cl)cc4)CC3)nc(OCC(F)(F)F)n2)cc1)C(=O)OC. The van der Waals surface area contributed by atoms with Gasteiger partial charge in [0.2, 0.25) is 11.9 Å². The third-order valence-electron chi connectivity index (χ3n) is 6.60. The third kappa shape index (κ3) is 9.56. The molecule has 0 bridgehead atoms. The van der Waals surface area contributed by atoms with Crippen LogP contribution in [0.4, 0.5) is 36.4 Å². The maximum Gasteiger partial charge on any atom is 0.422 e. The highest BCUT2D eigenvalue weighted by atomic mass is 35.5. The average molecular weight is 651 g/mol. The predicted octanol–water partition coefficient (Wildman–Crippen LogP) is 3.52. The highest BCUT2D eigenvalue weighted by Gasteiger charge is 2.45. The molecular weight excluding hydrogens is 621 g/mol. The summed E-state index contributed by atoms with van der Waals surface area (Å²) >= 11 is 6.01. The second-order valence-corrected chi connectivity index (χ2v) is 10.4. The van der Waals surface area contributed by atoms with Crippen molar-refractivity contribution in [1.82, 2.24) is 25.6 Å². The van der Waals surface area contributed by atoms with Crippen molar-refractivity contribution in [3.05, 3.63) is 59.1 Å². The summed E-state index contributed by atoms with van der Waals surface area (Å²) < 4.78 is 48.3. The van der Waals surface area contributed by atoms with Crippen molar-refractivity contribution in [2.45, 2.75) is 37.0 Å². The zero-order chi connectivity index (χ0) is 32.6. The molecule has 1 fully saturated rings. The molecule has 1 aliphatic carbocycles. The highest BCUT2D eigenvalue weighted by Crippen LogP contribution is 2.48. The first-order valence-electron chi connectivity index (χ1n) is 13.6. The summed E-state index contributed by atoms with van der Waals surface area (Å²) in [4.78, 5) is 47.7. The number of methoxy groups -OCH3 is 1. The van der Waals surface area contributed by atoms with E-state index in [4.69, 9.17) is 21.1 Å². The number of anilines is 4. The van der Waals surface area contributed by atoms with E-state index in [0.29, 0.717) is 16.4 Å². The molecule has 240 valence electrons. The van der Waals surface area contributed by atoms with Gasteiger partial charge >= 0.3 is 30.0 Å². The predicted molar refractivity (Wildman–Crippen MR) is 158 cm³/mol. The molecule has 0 radical (unpaired) electrons. The number of likely N-dealkylation sites (N-methyl/N-ethyl adjacent to an activating group) is 1. The Labute approximate surface area is 260 Å². The number of aromatic nitrogens is 3. The summed E-state index contributed by atoms with van der Waals surface area (Å²) in [5.74, 6) is -2.29. The molecule has 3 aromatic rings. The Balaban J connectivity index is 1.46. The number of alkyl halides is 3. The number of carbonyl (C=O) groups is 3. The summed E-state index contributed by atoms with van der Waals surface area (Å²) in [5.41, 5.74) is 1.38. The van der Waals surface area contributed by atoms with Crippen LogP contribution in [0, 0.1) is 0 Å². The third-order valence-corrected chi connectivity index (χ3v) is 6.85. The van der Waals surface area contributed by atoms with Crippen molar-refractivity contribution in [3.63, 3.8) is 0 Å². The van der Waals surface area contributed by atoms with Crippen molar-refractivity contribution in [2.75, 3.05) is 43.3 Å². The Bertz CT molecular complexity index is 1510. The molecular formula is C28H30ClF3N8O5. The van der Waals surface area contributed by atoms with Gasteiger partial charge in [0.15, 0.2) is 6.61 Å². The van der Waals surface area contributed by atoms with Gasteiger partial charge in [-0.3, -0.25) is 9.59 Å². The topological polar surface area (TPSA) is 168 Å². The summed E-state index contributed by atoms with van der Waals surface area (Å²) in [6.45, 7) is -1.57. The second kappa shape index (κ2) is 14.3. The molecule has 0 aliphatic heterocycles. The van der Waals surface area contributed by atoms with Crippen LogP contribution in [0.2, 0.25) is 5.02 Å². The molecule has 4 rings (SSSR count). The van der Waals surface area contributed by atoms with Gasteiger partial charge in [0.25, 0.3) is 0 Å². The van der Waals surface area contributed by atoms with Gasteiger partial charge in [-0.15, -0.1) is 0 Å². The van der Waals surface area contributed by atoms with E-state index in [1.54, 1.807) is 36.4 Å². The number of carbonyl (C=O) groups excluding carboxylic acids is 3. The van der Waals surface area contributed by atoms with E-state index in [1.165, 1.54) is 14.2 Å². The smallest absolute Gasteiger partial charge is 0.422 e. The van der Waals surface area contributed by atoms with E-state index < -0.39 is 48.2 Å². The van der Waals surface area contributed by atoms with Crippen LogP contribution in [-0.2, 0) is 24.7 Å². The van der Waals surface area contributed by atoms with Crippen LogP contribution in [0.3, 0.4) is 0 Å². The number of benzene rings is 2.